The number of piperidine rings is 1. The molecular formula is C18H21N5OS. The van der Waals surface area contributed by atoms with Crippen molar-refractivity contribution in [1.82, 2.24) is 19.8 Å². The van der Waals surface area contributed by atoms with Gasteiger partial charge in [-0.15, -0.1) is 11.3 Å². The van der Waals surface area contributed by atoms with Crippen LogP contribution in [0.1, 0.15) is 40.3 Å². The Hall–Kier alpha value is -2.17. The summed E-state index contributed by atoms with van der Waals surface area (Å²) >= 11 is 1.71. The van der Waals surface area contributed by atoms with Crippen molar-refractivity contribution in [2.24, 2.45) is 5.41 Å². The van der Waals surface area contributed by atoms with Gasteiger partial charge in [-0.05, 0) is 37.8 Å². The number of hydrogen-bond acceptors (Lipinski definition) is 5. The largest absolute Gasteiger partial charge is 0.352 e. The van der Waals surface area contributed by atoms with Crippen LogP contribution in [0.15, 0.2) is 23.8 Å². The molecule has 2 fully saturated rings. The minimum absolute atomic E-state index is 0.0286. The highest BCUT2D eigenvalue weighted by molar-refractivity contribution is 7.09. The Morgan fingerprint density at radius 1 is 1.56 bits per heavy atom. The molecule has 1 atom stereocenters. The zero-order valence-electron chi connectivity index (χ0n) is 14.2. The molecule has 2 aromatic rings. The second-order valence-corrected chi connectivity index (χ2v) is 8.11. The number of nitrogens with one attached hydrogen (secondary N) is 1. The average Bonchev–Trinajstić information content (AvgIpc) is 3.02. The van der Waals surface area contributed by atoms with Crippen molar-refractivity contribution in [2.75, 3.05) is 20.1 Å². The van der Waals surface area contributed by atoms with E-state index < -0.39 is 0 Å². The molecule has 7 heteroatoms. The van der Waals surface area contributed by atoms with Gasteiger partial charge in [-0.3, -0.25) is 9.69 Å². The van der Waals surface area contributed by atoms with Crippen LogP contribution in [-0.4, -0.2) is 51.9 Å². The molecule has 4 rings (SSSR count). The second-order valence-electron chi connectivity index (χ2n) is 7.13. The molecule has 0 bridgehead atoms. The first kappa shape index (κ1) is 16.3. The third-order valence-electron chi connectivity index (χ3n) is 5.64. The van der Waals surface area contributed by atoms with Crippen LogP contribution in [0.25, 0.3) is 0 Å². The molecule has 1 amide bonds. The predicted octanol–water partition coefficient (Wildman–Crippen LogP) is 2.47. The molecule has 1 spiro atoms. The third kappa shape index (κ3) is 3.08. The van der Waals surface area contributed by atoms with E-state index in [1.54, 1.807) is 23.6 Å². The zero-order chi connectivity index (χ0) is 17.4. The normalized spacial score (nSPS) is 21.5. The van der Waals surface area contributed by atoms with Gasteiger partial charge in [0.25, 0.3) is 5.91 Å². The van der Waals surface area contributed by atoms with E-state index >= 15 is 0 Å². The van der Waals surface area contributed by atoms with Crippen molar-refractivity contribution in [3.8, 4) is 6.07 Å². The summed E-state index contributed by atoms with van der Waals surface area (Å²) in [4.78, 5) is 24.1. The minimum atomic E-state index is 0.0286. The monoisotopic (exact) mass is 355 g/mol. The molecule has 1 aliphatic heterocycles. The van der Waals surface area contributed by atoms with Crippen LogP contribution < -0.4 is 0 Å². The summed E-state index contributed by atoms with van der Waals surface area (Å²) in [6.07, 6.45) is 6.83. The fraction of sp³-hybridized carbons (Fsp3) is 0.500. The number of aromatic nitrogens is 2. The molecule has 2 aliphatic rings. The quantitative estimate of drug-likeness (QED) is 0.914. The molecule has 0 radical (unpaired) electrons. The number of H-pyrrole nitrogens is 1. The van der Waals surface area contributed by atoms with Crippen LogP contribution in [-0.2, 0) is 6.54 Å². The summed E-state index contributed by atoms with van der Waals surface area (Å²) in [7, 11) is 2.18. The number of carbonyl (C=O) groups is 1. The van der Waals surface area contributed by atoms with Gasteiger partial charge >= 0.3 is 0 Å². The fourth-order valence-electron chi connectivity index (χ4n) is 4.06. The zero-order valence-corrected chi connectivity index (χ0v) is 15.1. The number of aromatic amines is 1. The van der Waals surface area contributed by atoms with Crippen LogP contribution in [0, 0.1) is 16.7 Å². The Labute approximate surface area is 151 Å². The molecule has 1 N–H and O–H groups in total. The fourth-order valence-corrected chi connectivity index (χ4v) is 4.74. The van der Waals surface area contributed by atoms with Gasteiger partial charge in [0.05, 0.1) is 12.1 Å². The minimum Gasteiger partial charge on any atom is -0.352 e. The molecule has 6 nitrogen and oxygen atoms in total. The topological polar surface area (TPSA) is 76.0 Å². The SMILES string of the molecule is CN(Cc1nccs1)[C@@H]1CC12CCN(C(=O)c1c[nH]c(C#N)c1)CC2. The molecular weight excluding hydrogens is 334 g/mol. The number of likely N-dealkylation sites (tertiary alicyclic amines) is 1. The Kier molecular flexibility index (Phi) is 4.10. The molecule has 1 saturated heterocycles. The summed E-state index contributed by atoms with van der Waals surface area (Å²) in [6, 6.07) is 4.26. The van der Waals surface area contributed by atoms with E-state index in [2.05, 4.69) is 21.9 Å². The van der Waals surface area contributed by atoms with Crippen molar-refractivity contribution in [3.05, 3.63) is 40.1 Å². The molecule has 0 unspecified atom stereocenters. The van der Waals surface area contributed by atoms with Crippen molar-refractivity contribution < 1.29 is 4.79 Å². The summed E-state index contributed by atoms with van der Waals surface area (Å²) in [5.74, 6) is 0.0286. The van der Waals surface area contributed by atoms with E-state index in [1.807, 2.05) is 22.5 Å². The molecule has 3 heterocycles. The Morgan fingerprint density at radius 3 is 3.00 bits per heavy atom. The molecule has 130 valence electrons. The lowest BCUT2D eigenvalue weighted by Gasteiger charge is -2.34. The summed E-state index contributed by atoms with van der Waals surface area (Å²) in [6.45, 7) is 2.51. The lowest BCUT2D eigenvalue weighted by atomic mass is 9.92. The van der Waals surface area contributed by atoms with E-state index in [0.29, 0.717) is 22.7 Å². The Balaban J connectivity index is 1.33. The number of nitriles is 1. The van der Waals surface area contributed by atoms with E-state index in [-0.39, 0.29) is 5.91 Å². The number of nitrogens with zero attached hydrogens (tertiary/aromatic N) is 4. The van der Waals surface area contributed by atoms with Crippen molar-refractivity contribution >= 4 is 17.2 Å². The highest BCUT2D eigenvalue weighted by atomic mass is 32.1. The first-order valence-corrected chi connectivity index (χ1v) is 9.46. The molecule has 2 aromatic heterocycles. The smallest absolute Gasteiger partial charge is 0.255 e. The van der Waals surface area contributed by atoms with Gasteiger partial charge in [0.15, 0.2) is 0 Å². The van der Waals surface area contributed by atoms with Crippen LogP contribution >= 0.6 is 11.3 Å². The standard InChI is InChI=1S/C18H21N5OS/c1-22(12-16-20-4-7-25-16)15-9-18(15)2-5-23(6-3-18)17(24)13-8-14(10-19)21-11-13/h4,7-8,11,15,21H,2-3,5-6,9,12H2,1H3/t15-/m1/s1. The lowest BCUT2D eigenvalue weighted by molar-refractivity contribution is 0.0658. The van der Waals surface area contributed by atoms with Gasteiger partial charge in [0, 0.05) is 36.9 Å². The van der Waals surface area contributed by atoms with Crippen molar-refractivity contribution in [3.63, 3.8) is 0 Å². The van der Waals surface area contributed by atoms with Crippen LogP contribution in [0.2, 0.25) is 0 Å². The average molecular weight is 355 g/mol. The molecule has 1 aliphatic carbocycles. The maximum atomic E-state index is 12.6. The number of hydrogen-bond donors (Lipinski definition) is 1. The number of amides is 1. The first-order valence-electron chi connectivity index (χ1n) is 8.58. The number of thiazole rings is 1. The van der Waals surface area contributed by atoms with E-state index in [0.717, 1.165) is 37.5 Å². The van der Waals surface area contributed by atoms with E-state index in [4.69, 9.17) is 5.26 Å². The molecule has 1 saturated carbocycles. The highest BCUT2D eigenvalue weighted by Crippen LogP contribution is 2.56. The maximum Gasteiger partial charge on any atom is 0.255 e. The number of carbonyl (C=O) groups excluding carboxylic acids is 1. The van der Waals surface area contributed by atoms with E-state index in [9.17, 15) is 4.79 Å². The van der Waals surface area contributed by atoms with Crippen molar-refractivity contribution in [2.45, 2.75) is 31.8 Å². The van der Waals surface area contributed by atoms with Gasteiger partial charge < -0.3 is 9.88 Å². The van der Waals surface area contributed by atoms with Gasteiger partial charge in [-0.1, -0.05) is 0 Å². The second kappa shape index (κ2) is 6.28. The van der Waals surface area contributed by atoms with Crippen LogP contribution in [0.5, 0.6) is 0 Å². The Bertz CT molecular complexity index is 798. The molecule has 0 aromatic carbocycles. The van der Waals surface area contributed by atoms with Crippen molar-refractivity contribution in [1.29, 1.82) is 5.26 Å². The van der Waals surface area contributed by atoms with Gasteiger partial charge in [-0.2, -0.15) is 5.26 Å². The van der Waals surface area contributed by atoms with Gasteiger partial charge in [0.2, 0.25) is 0 Å². The summed E-state index contributed by atoms with van der Waals surface area (Å²) < 4.78 is 0. The van der Waals surface area contributed by atoms with Crippen LogP contribution in [0.4, 0.5) is 0 Å². The summed E-state index contributed by atoms with van der Waals surface area (Å²) in [5, 5.41) is 12.1. The number of rotatable bonds is 4. The highest BCUT2D eigenvalue weighted by Gasteiger charge is 2.56. The Morgan fingerprint density at radius 2 is 2.36 bits per heavy atom. The third-order valence-corrected chi connectivity index (χ3v) is 6.41. The van der Waals surface area contributed by atoms with Gasteiger partial charge in [0.1, 0.15) is 16.8 Å². The lowest BCUT2D eigenvalue weighted by Crippen LogP contribution is -2.41. The summed E-state index contributed by atoms with van der Waals surface area (Å²) in [5.41, 5.74) is 1.39. The predicted molar refractivity (Wildman–Crippen MR) is 95.1 cm³/mol. The first-order chi connectivity index (χ1) is 12.1. The van der Waals surface area contributed by atoms with E-state index in [1.165, 1.54) is 6.42 Å². The van der Waals surface area contributed by atoms with Gasteiger partial charge in [-0.25, -0.2) is 4.98 Å². The maximum absolute atomic E-state index is 12.6. The van der Waals surface area contributed by atoms with Crippen LogP contribution in [0.3, 0.4) is 0 Å². The molecule has 25 heavy (non-hydrogen) atoms.